The third-order valence-corrected chi connectivity index (χ3v) is 6.19. The molecule has 1 nitrogen and oxygen atoms in total. The van der Waals surface area contributed by atoms with Crippen LogP contribution in [0.5, 0.6) is 5.75 Å². The lowest BCUT2D eigenvalue weighted by atomic mass is 9.68. The second kappa shape index (κ2) is 10.5. The van der Waals surface area contributed by atoms with Gasteiger partial charge in [0.25, 0.3) is 0 Å². The number of rotatable bonds is 4. The molecule has 0 aromatic heterocycles. The summed E-state index contributed by atoms with van der Waals surface area (Å²) in [7, 11) is 0. The molecule has 2 aliphatic carbocycles. The maximum Gasteiger partial charge on any atom is 0.559 e. The zero-order valence-corrected chi connectivity index (χ0v) is 16.4. The van der Waals surface area contributed by atoms with Crippen molar-refractivity contribution in [1.82, 2.24) is 0 Å². The lowest BCUT2D eigenvalue weighted by Crippen LogP contribution is -2.24. The summed E-state index contributed by atoms with van der Waals surface area (Å²) in [5.74, 6) is 0.484. The van der Waals surface area contributed by atoms with Crippen molar-refractivity contribution in [1.29, 1.82) is 0 Å². The maximum atomic E-state index is 13.9. The molecule has 29 heavy (non-hydrogen) atoms. The largest absolute Gasteiger partial charge is 0.559 e. The number of hydrogen-bond donors (Lipinski definition) is 0. The highest BCUT2D eigenvalue weighted by molar-refractivity contribution is 5.33. The van der Waals surface area contributed by atoms with Crippen LogP contribution in [0.1, 0.15) is 69.8 Å². The van der Waals surface area contributed by atoms with Crippen LogP contribution in [-0.4, -0.2) is 13.3 Å². The van der Waals surface area contributed by atoms with E-state index in [0.29, 0.717) is 5.56 Å². The maximum absolute atomic E-state index is 13.9. The summed E-state index contributed by atoms with van der Waals surface area (Å²) in [6.45, 7) is 1.12. The third kappa shape index (κ3) is 7.70. The van der Waals surface area contributed by atoms with Crippen LogP contribution in [0.4, 0.5) is 30.7 Å². The SMILES string of the molecule is CC1CCC(C2CCC(c3cc(F)c(OCF)c(F)c3)CC2)CC1.FC(F)(F)F. The molecule has 2 fully saturated rings. The molecule has 0 amide bonds. The molecule has 0 atom stereocenters. The Bertz CT molecular complexity index is 601. The first-order valence-corrected chi connectivity index (χ1v) is 10.0. The van der Waals surface area contributed by atoms with Gasteiger partial charge in [-0.15, -0.1) is 17.6 Å². The van der Waals surface area contributed by atoms with Crippen molar-refractivity contribution < 1.29 is 35.5 Å². The molecule has 0 N–H and O–H groups in total. The van der Waals surface area contributed by atoms with Crippen LogP contribution in [0, 0.1) is 29.4 Å². The first-order chi connectivity index (χ1) is 13.6. The number of halogens is 7. The van der Waals surface area contributed by atoms with Crippen molar-refractivity contribution >= 4 is 0 Å². The second-order valence-electron chi connectivity index (χ2n) is 8.13. The van der Waals surface area contributed by atoms with E-state index in [0.717, 1.165) is 43.4 Å². The van der Waals surface area contributed by atoms with Gasteiger partial charge in [-0.1, -0.05) is 19.8 Å². The van der Waals surface area contributed by atoms with Crippen LogP contribution < -0.4 is 4.74 Å². The van der Waals surface area contributed by atoms with Gasteiger partial charge in [0.15, 0.2) is 17.4 Å². The van der Waals surface area contributed by atoms with Crippen LogP contribution in [0.2, 0.25) is 0 Å². The molecule has 0 spiro atoms. The monoisotopic (exact) mass is 428 g/mol. The Hall–Kier alpha value is -1.47. The normalized spacial score (nSPS) is 27.7. The van der Waals surface area contributed by atoms with Gasteiger partial charge < -0.3 is 4.74 Å². The summed E-state index contributed by atoms with van der Waals surface area (Å²) in [6, 6.07) is 2.64. The highest BCUT2D eigenvalue weighted by Crippen LogP contribution is 2.44. The molecule has 2 saturated carbocycles. The van der Waals surface area contributed by atoms with Gasteiger partial charge in [0.1, 0.15) is 0 Å². The summed E-state index contributed by atoms with van der Waals surface area (Å²) >= 11 is 0. The average Bonchev–Trinajstić information content (AvgIpc) is 2.64. The number of alkyl halides is 5. The fraction of sp³-hybridized carbons (Fsp3) is 0.714. The van der Waals surface area contributed by atoms with Crippen LogP contribution in [0.25, 0.3) is 0 Å². The molecule has 8 heteroatoms. The van der Waals surface area contributed by atoms with Gasteiger partial charge in [-0.05, 0) is 79.9 Å². The van der Waals surface area contributed by atoms with E-state index in [4.69, 9.17) is 0 Å². The van der Waals surface area contributed by atoms with Gasteiger partial charge in [-0.3, -0.25) is 0 Å². The van der Waals surface area contributed by atoms with Gasteiger partial charge in [-0.25, -0.2) is 13.2 Å². The summed E-state index contributed by atoms with van der Waals surface area (Å²) in [5.41, 5.74) is 0.687. The topological polar surface area (TPSA) is 9.23 Å². The van der Waals surface area contributed by atoms with Crippen molar-refractivity contribution in [3.8, 4) is 5.75 Å². The summed E-state index contributed by atoms with van der Waals surface area (Å²) < 4.78 is 83.2. The zero-order chi connectivity index (χ0) is 21.6. The number of hydrogen-bond acceptors (Lipinski definition) is 1. The van der Waals surface area contributed by atoms with Gasteiger partial charge >= 0.3 is 6.43 Å². The molecule has 0 bridgehead atoms. The highest BCUT2D eigenvalue weighted by atomic mass is 19.5. The van der Waals surface area contributed by atoms with E-state index in [2.05, 4.69) is 11.7 Å². The first kappa shape index (κ1) is 23.8. The van der Waals surface area contributed by atoms with Gasteiger partial charge in [-0.2, -0.15) is 0 Å². The van der Waals surface area contributed by atoms with Crippen molar-refractivity contribution in [2.45, 2.75) is 70.6 Å². The molecule has 166 valence electrons. The molecular formula is C21H27F7O. The van der Waals surface area contributed by atoms with E-state index < -0.39 is 30.7 Å². The lowest BCUT2D eigenvalue weighted by molar-refractivity contribution is -0.237. The van der Waals surface area contributed by atoms with Crippen LogP contribution in [0.3, 0.4) is 0 Å². The minimum atomic E-state index is -5.50. The highest BCUT2D eigenvalue weighted by Gasteiger charge is 2.31. The molecule has 1 aromatic carbocycles. The van der Waals surface area contributed by atoms with Crippen molar-refractivity contribution in [3.05, 3.63) is 29.3 Å². The Balaban J connectivity index is 0.000000537. The zero-order valence-electron chi connectivity index (χ0n) is 16.4. The van der Waals surface area contributed by atoms with Gasteiger partial charge in [0.2, 0.25) is 6.86 Å². The quantitative estimate of drug-likeness (QED) is 0.444. The Morgan fingerprint density at radius 1 is 0.828 bits per heavy atom. The Kier molecular flexibility index (Phi) is 8.64. The number of benzene rings is 1. The van der Waals surface area contributed by atoms with E-state index in [1.165, 1.54) is 37.8 Å². The van der Waals surface area contributed by atoms with Crippen molar-refractivity contribution in [2.75, 3.05) is 6.86 Å². The van der Waals surface area contributed by atoms with E-state index >= 15 is 0 Å². The summed E-state index contributed by atoms with van der Waals surface area (Å²) in [5, 5.41) is 0. The second-order valence-corrected chi connectivity index (χ2v) is 8.13. The number of ether oxygens (including phenoxy) is 1. The van der Waals surface area contributed by atoms with Gasteiger partial charge in [0.05, 0.1) is 0 Å². The molecule has 0 heterocycles. The molecule has 0 aliphatic heterocycles. The molecule has 1 aromatic rings. The molecule has 0 radical (unpaired) electrons. The van der Waals surface area contributed by atoms with E-state index in [9.17, 15) is 30.7 Å². The minimum Gasteiger partial charge on any atom is -0.457 e. The molecule has 2 aliphatic rings. The minimum absolute atomic E-state index is 0.201. The first-order valence-electron chi connectivity index (χ1n) is 10.0. The van der Waals surface area contributed by atoms with Crippen LogP contribution in [0.15, 0.2) is 12.1 Å². The van der Waals surface area contributed by atoms with E-state index in [1.807, 2.05) is 0 Å². The smallest absolute Gasteiger partial charge is 0.457 e. The summed E-state index contributed by atoms with van der Waals surface area (Å²) in [4.78, 5) is 0. The Morgan fingerprint density at radius 2 is 1.24 bits per heavy atom. The van der Waals surface area contributed by atoms with Crippen molar-refractivity contribution in [3.63, 3.8) is 0 Å². The molecular weight excluding hydrogens is 401 g/mol. The predicted octanol–water partition coefficient (Wildman–Crippen LogP) is 7.85. The Morgan fingerprint density at radius 3 is 1.66 bits per heavy atom. The molecule has 3 rings (SSSR count). The predicted molar refractivity (Wildman–Crippen MR) is 95.9 cm³/mol. The van der Waals surface area contributed by atoms with E-state index in [-0.39, 0.29) is 5.92 Å². The molecule has 0 saturated heterocycles. The lowest BCUT2D eigenvalue weighted by Gasteiger charge is -2.37. The summed E-state index contributed by atoms with van der Waals surface area (Å²) in [6.07, 6.45) is 4.14. The fourth-order valence-corrected chi connectivity index (χ4v) is 4.69. The van der Waals surface area contributed by atoms with Crippen LogP contribution >= 0.6 is 0 Å². The van der Waals surface area contributed by atoms with Gasteiger partial charge in [0, 0.05) is 0 Å². The van der Waals surface area contributed by atoms with Crippen molar-refractivity contribution in [2.24, 2.45) is 17.8 Å². The standard InChI is InChI=1S/C20H27F3O.CF4/c1-13-2-4-14(5-3-13)15-6-8-16(9-7-15)17-10-18(22)20(24-12-21)19(23)11-17;2-1(3,4)5/h10-11,13-16H,2-9,12H2,1H3;. The fourth-order valence-electron chi connectivity index (χ4n) is 4.69. The van der Waals surface area contributed by atoms with E-state index in [1.54, 1.807) is 0 Å². The molecule has 0 unspecified atom stereocenters. The average molecular weight is 428 g/mol. The third-order valence-electron chi connectivity index (χ3n) is 6.19. The Labute approximate surface area is 166 Å². The van der Waals surface area contributed by atoms with Crippen LogP contribution in [-0.2, 0) is 0 Å².